The summed E-state index contributed by atoms with van der Waals surface area (Å²) in [6, 6.07) is 11.5. The Morgan fingerprint density at radius 2 is 2.03 bits per heavy atom. The summed E-state index contributed by atoms with van der Waals surface area (Å²) in [7, 11) is 1.51. The number of methoxy groups -OCH3 is 1. The smallest absolute Gasteiger partial charge is 0.248 e. The van der Waals surface area contributed by atoms with Crippen molar-refractivity contribution in [3.05, 3.63) is 59.9 Å². The number of anilines is 1. The van der Waals surface area contributed by atoms with Crippen LogP contribution >= 0.6 is 0 Å². The Morgan fingerprint density at radius 1 is 1.19 bits per heavy atom. The molecule has 9 nitrogen and oxygen atoms in total. The van der Waals surface area contributed by atoms with E-state index in [0.717, 1.165) is 16.5 Å². The predicted octanol–water partition coefficient (Wildman–Crippen LogP) is 1.35. The third-order valence-corrected chi connectivity index (χ3v) is 5.60. The number of ether oxygens (including phenoxy) is 1. The minimum absolute atomic E-state index is 0.104. The zero-order valence-electron chi connectivity index (χ0n) is 17.8. The monoisotopic (exact) mass is 435 g/mol. The van der Waals surface area contributed by atoms with Crippen LogP contribution in [0.4, 0.5) is 5.82 Å². The van der Waals surface area contributed by atoms with Gasteiger partial charge in [0.05, 0.1) is 18.5 Å². The number of phenolic OH excluding ortho intramolecular Hbond substituents is 1. The van der Waals surface area contributed by atoms with E-state index in [4.69, 9.17) is 10.5 Å². The van der Waals surface area contributed by atoms with Crippen LogP contribution in [0.5, 0.6) is 5.75 Å². The lowest BCUT2D eigenvalue weighted by Crippen LogP contribution is -2.60. The normalized spacial score (nSPS) is 16.5. The van der Waals surface area contributed by atoms with Gasteiger partial charge in [-0.05, 0) is 35.4 Å². The van der Waals surface area contributed by atoms with Crippen LogP contribution in [0.1, 0.15) is 11.1 Å². The first kappa shape index (κ1) is 21.5. The van der Waals surface area contributed by atoms with Crippen LogP contribution in [0.15, 0.2) is 48.8 Å². The summed E-state index contributed by atoms with van der Waals surface area (Å²) >= 11 is 0. The van der Waals surface area contributed by atoms with Crippen molar-refractivity contribution < 1.29 is 19.4 Å². The maximum atomic E-state index is 13.2. The van der Waals surface area contributed by atoms with Crippen molar-refractivity contribution in [2.24, 2.45) is 0 Å². The van der Waals surface area contributed by atoms with Gasteiger partial charge in [0.2, 0.25) is 11.8 Å². The van der Waals surface area contributed by atoms with Gasteiger partial charge in [-0.2, -0.15) is 0 Å². The van der Waals surface area contributed by atoms with Gasteiger partial charge in [0.15, 0.2) is 0 Å². The van der Waals surface area contributed by atoms with E-state index in [9.17, 15) is 14.7 Å². The Hall–Kier alpha value is -3.72. The summed E-state index contributed by atoms with van der Waals surface area (Å²) in [5, 5.41) is 10.4. The molecule has 3 aromatic rings. The number of benzene rings is 2. The molecule has 2 heterocycles. The highest BCUT2D eigenvalue weighted by Gasteiger charge is 2.37. The Kier molecular flexibility index (Phi) is 6.18. The van der Waals surface area contributed by atoms with E-state index in [0.29, 0.717) is 31.0 Å². The molecular weight excluding hydrogens is 410 g/mol. The molecule has 0 bridgehead atoms. The number of nitrogen functional groups attached to an aromatic ring is 1. The molecule has 1 saturated heterocycles. The van der Waals surface area contributed by atoms with Gasteiger partial charge in [-0.1, -0.05) is 18.2 Å². The first-order valence-electron chi connectivity index (χ1n) is 10.3. The first-order valence-corrected chi connectivity index (χ1v) is 10.3. The standard InChI is InChI=1S/C23H25N5O4/c1-32-13-20-23(31)27(12-16-5-6-18-19(10-16)25-14-26-22(18)24)7-8-28(20)21(30)11-15-3-2-4-17(29)9-15/h2-6,9-10,14,20,29H,7-8,11-13H2,1H3,(H2,24,25,26)/t20-/m0/s1. The fraction of sp³-hybridized carbons (Fsp3) is 0.304. The number of aromatic nitrogens is 2. The van der Waals surface area contributed by atoms with Gasteiger partial charge in [-0.25, -0.2) is 9.97 Å². The molecule has 32 heavy (non-hydrogen) atoms. The second-order valence-electron chi connectivity index (χ2n) is 7.78. The van der Waals surface area contributed by atoms with E-state index in [1.54, 1.807) is 34.1 Å². The third kappa shape index (κ3) is 4.47. The van der Waals surface area contributed by atoms with Crippen LogP contribution in [0.2, 0.25) is 0 Å². The van der Waals surface area contributed by atoms with E-state index in [1.165, 1.54) is 13.4 Å². The van der Waals surface area contributed by atoms with Crippen molar-refractivity contribution in [2.45, 2.75) is 19.0 Å². The summed E-state index contributed by atoms with van der Waals surface area (Å²) in [5.41, 5.74) is 8.22. The highest BCUT2D eigenvalue weighted by Crippen LogP contribution is 2.21. The lowest BCUT2D eigenvalue weighted by molar-refractivity contribution is -0.154. The van der Waals surface area contributed by atoms with Crippen LogP contribution in [-0.2, 0) is 27.3 Å². The van der Waals surface area contributed by atoms with Crippen molar-refractivity contribution in [2.75, 3.05) is 32.5 Å². The summed E-state index contributed by atoms with van der Waals surface area (Å²) in [5.74, 6) is 0.178. The van der Waals surface area contributed by atoms with Crippen molar-refractivity contribution >= 4 is 28.5 Å². The number of fused-ring (bicyclic) bond motifs is 1. The molecular formula is C23H25N5O4. The lowest BCUT2D eigenvalue weighted by Gasteiger charge is -2.40. The third-order valence-electron chi connectivity index (χ3n) is 5.60. The molecule has 1 aliphatic heterocycles. The molecule has 9 heteroatoms. The molecule has 1 aliphatic rings. The number of nitrogens with zero attached hydrogens (tertiary/aromatic N) is 4. The van der Waals surface area contributed by atoms with E-state index < -0.39 is 6.04 Å². The van der Waals surface area contributed by atoms with E-state index in [-0.39, 0.29) is 30.6 Å². The molecule has 3 N–H and O–H groups in total. The fourth-order valence-corrected chi connectivity index (χ4v) is 4.00. The molecule has 0 radical (unpaired) electrons. The van der Waals surface area contributed by atoms with Gasteiger partial charge in [-0.3, -0.25) is 9.59 Å². The number of carbonyl (C=O) groups excluding carboxylic acids is 2. The molecule has 0 saturated carbocycles. The maximum absolute atomic E-state index is 13.2. The topological polar surface area (TPSA) is 122 Å². The number of carbonyl (C=O) groups is 2. The molecule has 2 aromatic carbocycles. The number of nitrogens with two attached hydrogens (primary N) is 1. The molecule has 166 valence electrons. The summed E-state index contributed by atoms with van der Waals surface area (Å²) in [6.45, 7) is 1.32. The van der Waals surface area contributed by atoms with Crippen LogP contribution < -0.4 is 5.73 Å². The van der Waals surface area contributed by atoms with E-state index >= 15 is 0 Å². The Bertz CT molecular complexity index is 1150. The van der Waals surface area contributed by atoms with Crippen molar-refractivity contribution in [3.63, 3.8) is 0 Å². The second-order valence-corrected chi connectivity index (χ2v) is 7.78. The van der Waals surface area contributed by atoms with Gasteiger partial charge in [0.25, 0.3) is 0 Å². The SMILES string of the molecule is COC[C@H]1C(=O)N(Cc2ccc3c(N)ncnc3c2)CCN1C(=O)Cc1cccc(O)c1. The lowest BCUT2D eigenvalue weighted by atomic mass is 10.1. The Morgan fingerprint density at radius 3 is 2.81 bits per heavy atom. The van der Waals surface area contributed by atoms with Crippen molar-refractivity contribution in [3.8, 4) is 5.75 Å². The molecule has 0 unspecified atom stereocenters. The van der Waals surface area contributed by atoms with Crippen LogP contribution in [0.3, 0.4) is 0 Å². The molecule has 2 amide bonds. The number of amides is 2. The van der Waals surface area contributed by atoms with Crippen molar-refractivity contribution in [1.82, 2.24) is 19.8 Å². The van der Waals surface area contributed by atoms with Crippen molar-refractivity contribution in [1.29, 1.82) is 0 Å². The number of rotatable bonds is 6. The first-order chi connectivity index (χ1) is 15.5. The van der Waals surface area contributed by atoms with Gasteiger partial charge >= 0.3 is 0 Å². The van der Waals surface area contributed by atoms with Crippen LogP contribution in [0, 0.1) is 0 Å². The predicted molar refractivity (Wildman–Crippen MR) is 119 cm³/mol. The quantitative estimate of drug-likeness (QED) is 0.599. The Labute approximate surface area is 185 Å². The van der Waals surface area contributed by atoms with Gasteiger partial charge in [0.1, 0.15) is 23.9 Å². The number of hydrogen-bond acceptors (Lipinski definition) is 7. The molecule has 4 rings (SSSR count). The zero-order valence-corrected chi connectivity index (χ0v) is 17.8. The average Bonchev–Trinajstić information content (AvgIpc) is 2.77. The number of phenols is 1. The molecule has 0 aliphatic carbocycles. The second kappa shape index (κ2) is 9.19. The molecule has 0 spiro atoms. The minimum atomic E-state index is -0.697. The summed E-state index contributed by atoms with van der Waals surface area (Å²) < 4.78 is 5.26. The summed E-state index contributed by atoms with van der Waals surface area (Å²) in [6.07, 6.45) is 1.52. The number of piperazine rings is 1. The highest BCUT2D eigenvalue weighted by atomic mass is 16.5. The number of hydrogen-bond donors (Lipinski definition) is 2. The van der Waals surface area contributed by atoms with Gasteiger partial charge in [-0.15, -0.1) is 0 Å². The van der Waals surface area contributed by atoms with Crippen LogP contribution in [0.25, 0.3) is 10.9 Å². The largest absolute Gasteiger partial charge is 0.508 e. The fourth-order valence-electron chi connectivity index (χ4n) is 4.00. The van der Waals surface area contributed by atoms with E-state index in [1.807, 2.05) is 18.2 Å². The zero-order chi connectivity index (χ0) is 22.7. The van der Waals surface area contributed by atoms with Gasteiger partial charge in [0, 0.05) is 32.1 Å². The highest BCUT2D eigenvalue weighted by molar-refractivity contribution is 5.90. The summed E-state index contributed by atoms with van der Waals surface area (Å²) in [4.78, 5) is 37.7. The molecule has 1 atom stereocenters. The average molecular weight is 435 g/mol. The Balaban J connectivity index is 1.49. The van der Waals surface area contributed by atoms with Gasteiger partial charge < -0.3 is 25.4 Å². The molecule has 1 fully saturated rings. The number of aromatic hydroxyl groups is 1. The minimum Gasteiger partial charge on any atom is -0.508 e. The molecule has 1 aromatic heterocycles. The maximum Gasteiger partial charge on any atom is 0.248 e. The van der Waals surface area contributed by atoms with Crippen LogP contribution in [-0.4, -0.2) is 69.5 Å². The van der Waals surface area contributed by atoms with E-state index in [2.05, 4.69) is 9.97 Å².